The number of amides is 1. The summed E-state index contributed by atoms with van der Waals surface area (Å²) in [4.78, 5) is 18.5. The highest BCUT2D eigenvalue weighted by atomic mass is 32.1. The number of hydrogen-bond donors (Lipinski definition) is 2. The van der Waals surface area contributed by atoms with Crippen LogP contribution in [0.2, 0.25) is 0 Å². The second kappa shape index (κ2) is 7.42. The van der Waals surface area contributed by atoms with Gasteiger partial charge in [-0.3, -0.25) is 4.79 Å². The highest BCUT2D eigenvalue weighted by Crippen LogP contribution is 2.28. The first-order chi connectivity index (χ1) is 11.3. The minimum absolute atomic E-state index is 0.188. The van der Waals surface area contributed by atoms with E-state index >= 15 is 0 Å². The molecule has 24 heavy (non-hydrogen) atoms. The summed E-state index contributed by atoms with van der Waals surface area (Å²) < 4.78 is 0. The van der Waals surface area contributed by atoms with E-state index in [0.29, 0.717) is 5.69 Å². The summed E-state index contributed by atoms with van der Waals surface area (Å²) in [7, 11) is 1.65. The number of aliphatic hydroxyl groups is 2. The van der Waals surface area contributed by atoms with Crippen molar-refractivity contribution in [2.24, 2.45) is 5.41 Å². The number of benzene rings is 1. The molecule has 0 saturated heterocycles. The van der Waals surface area contributed by atoms with Gasteiger partial charge in [0.2, 0.25) is 0 Å². The van der Waals surface area contributed by atoms with Gasteiger partial charge in [0.25, 0.3) is 5.91 Å². The lowest BCUT2D eigenvalue weighted by Gasteiger charge is -2.29. The summed E-state index contributed by atoms with van der Waals surface area (Å²) in [5.41, 5.74) is 3.01. The molecule has 130 valence electrons. The highest BCUT2D eigenvalue weighted by molar-refractivity contribution is 7.13. The molecule has 0 spiro atoms. The molecule has 0 aliphatic rings. The lowest BCUT2D eigenvalue weighted by molar-refractivity contribution is 0.0364. The summed E-state index contributed by atoms with van der Waals surface area (Å²) in [5.74, 6) is -0.213. The molecular weight excluding hydrogens is 324 g/mol. The Morgan fingerprint density at radius 1 is 1.29 bits per heavy atom. The third kappa shape index (κ3) is 4.01. The maximum Gasteiger partial charge on any atom is 0.273 e. The van der Waals surface area contributed by atoms with Gasteiger partial charge < -0.3 is 15.1 Å². The van der Waals surface area contributed by atoms with E-state index < -0.39 is 5.41 Å². The van der Waals surface area contributed by atoms with Crippen molar-refractivity contribution in [1.82, 2.24) is 9.88 Å². The molecule has 5 nitrogen and oxygen atoms in total. The van der Waals surface area contributed by atoms with E-state index in [-0.39, 0.29) is 25.7 Å². The van der Waals surface area contributed by atoms with E-state index in [4.69, 9.17) is 0 Å². The van der Waals surface area contributed by atoms with Crippen molar-refractivity contribution in [3.8, 4) is 10.6 Å². The van der Waals surface area contributed by atoms with Crippen LogP contribution in [0.15, 0.2) is 23.6 Å². The maximum atomic E-state index is 12.5. The van der Waals surface area contributed by atoms with Gasteiger partial charge in [0.15, 0.2) is 0 Å². The molecule has 1 aromatic carbocycles. The van der Waals surface area contributed by atoms with Gasteiger partial charge in [0.05, 0.1) is 13.2 Å². The number of rotatable bonds is 6. The maximum absolute atomic E-state index is 12.5. The first-order valence-corrected chi connectivity index (χ1v) is 8.68. The number of thiazole rings is 1. The number of nitrogens with zero attached hydrogens (tertiary/aromatic N) is 2. The SMILES string of the molecule is Cc1ccc(-c2nc(C(=O)N(C)CC(C)(CO)CO)cs2)c(C)c1. The van der Waals surface area contributed by atoms with Crippen LogP contribution in [0.25, 0.3) is 10.6 Å². The molecule has 1 heterocycles. The number of carbonyl (C=O) groups excluding carboxylic acids is 1. The smallest absolute Gasteiger partial charge is 0.273 e. The number of hydrogen-bond acceptors (Lipinski definition) is 5. The van der Waals surface area contributed by atoms with Crippen molar-refractivity contribution < 1.29 is 15.0 Å². The van der Waals surface area contributed by atoms with Gasteiger partial charge in [-0.2, -0.15) is 0 Å². The Bertz CT molecular complexity index is 723. The zero-order valence-electron chi connectivity index (χ0n) is 14.5. The fourth-order valence-corrected chi connectivity index (χ4v) is 3.42. The van der Waals surface area contributed by atoms with Gasteiger partial charge in [-0.15, -0.1) is 11.3 Å². The Balaban J connectivity index is 2.19. The van der Waals surface area contributed by atoms with Crippen molar-refractivity contribution >= 4 is 17.2 Å². The van der Waals surface area contributed by atoms with Crippen LogP contribution in [-0.4, -0.2) is 52.8 Å². The fraction of sp³-hybridized carbons (Fsp3) is 0.444. The first kappa shape index (κ1) is 18.6. The predicted molar refractivity (Wildman–Crippen MR) is 96.3 cm³/mol. The van der Waals surface area contributed by atoms with Crippen molar-refractivity contribution in [3.05, 3.63) is 40.4 Å². The fourth-order valence-electron chi connectivity index (χ4n) is 2.54. The molecule has 2 rings (SSSR count). The Kier molecular flexibility index (Phi) is 5.74. The van der Waals surface area contributed by atoms with Crippen LogP contribution in [0, 0.1) is 19.3 Å². The molecule has 0 atom stereocenters. The van der Waals surface area contributed by atoms with Crippen molar-refractivity contribution in [3.63, 3.8) is 0 Å². The van der Waals surface area contributed by atoms with Crippen LogP contribution < -0.4 is 0 Å². The summed E-state index contributed by atoms with van der Waals surface area (Å²) in [6.07, 6.45) is 0. The molecule has 0 radical (unpaired) electrons. The standard InChI is InChI=1S/C18H24N2O3S/c1-12-5-6-14(13(2)7-12)16-19-15(8-24-16)17(23)20(4)9-18(3,10-21)11-22/h5-8,21-22H,9-11H2,1-4H3. The van der Waals surface area contributed by atoms with E-state index in [1.807, 2.05) is 26.0 Å². The zero-order chi connectivity index (χ0) is 17.9. The Morgan fingerprint density at radius 3 is 2.54 bits per heavy atom. The van der Waals surface area contributed by atoms with Gasteiger partial charge in [-0.25, -0.2) is 4.98 Å². The molecule has 0 aliphatic carbocycles. The van der Waals surface area contributed by atoms with Crippen molar-refractivity contribution in [2.75, 3.05) is 26.8 Å². The molecule has 1 amide bonds. The first-order valence-electron chi connectivity index (χ1n) is 7.80. The van der Waals surface area contributed by atoms with E-state index in [0.717, 1.165) is 16.1 Å². The third-order valence-corrected chi connectivity index (χ3v) is 4.94. The van der Waals surface area contributed by atoms with Gasteiger partial charge >= 0.3 is 0 Å². The second-order valence-corrected chi connectivity index (χ2v) is 7.50. The van der Waals surface area contributed by atoms with Crippen molar-refractivity contribution in [2.45, 2.75) is 20.8 Å². The third-order valence-electron chi connectivity index (χ3n) is 4.06. The van der Waals surface area contributed by atoms with E-state index in [1.165, 1.54) is 21.8 Å². The normalized spacial score (nSPS) is 11.6. The average Bonchev–Trinajstić information content (AvgIpc) is 3.03. The number of aryl methyl sites for hydroxylation is 2. The zero-order valence-corrected chi connectivity index (χ0v) is 15.4. The van der Waals surface area contributed by atoms with Gasteiger partial charge in [-0.1, -0.05) is 30.7 Å². The lowest BCUT2D eigenvalue weighted by Crippen LogP contribution is -2.41. The van der Waals surface area contributed by atoms with E-state index in [9.17, 15) is 15.0 Å². The summed E-state index contributed by atoms with van der Waals surface area (Å²) in [6, 6.07) is 6.15. The van der Waals surface area contributed by atoms with E-state index in [1.54, 1.807) is 19.4 Å². The molecule has 0 unspecified atom stereocenters. The Hall–Kier alpha value is -1.76. The number of aromatic nitrogens is 1. The van der Waals surface area contributed by atoms with Gasteiger partial charge in [-0.05, 0) is 19.4 Å². The number of aliphatic hydroxyl groups excluding tert-OH is 2. The minimum atomic E-state index is -0.725. The number of carbonyl (C=O) groups is 1. The molecule has 0 fully saturated rings. The lowest BCUT2D eigenvalue weighted by atomic mass is 9.92. The van der Waals surface area contributed by atoms with Gasteiger partial charge in [0.1, 0.15) is 10.7 Å². The average molecular weight is 348 g/mol. The predicted octanol–water partition coefficient (Wildman–Crippen LogP) is 2.49. The van der Waals surface area contributed by atoms with Crippen LogP contribution in [0.1, 0.15) is 28.5 Å². The summed E-state index contributed by atoms with van der Waals surface area (Å²) >= 11 is 1.44. The van der Waals surface area contributed by atoms with Crippen LogP contribution in [-0.2, 0) is 0 Å². The molecule has 2 aromatic rings. The minimum Gasteiger partial charge on any atom is -0.396 e. The van der Waals surface area contributed by atoms with E-state index in [2.05, 4.69) is 11.1 Å². The highest BCUT2D eigenvalue weighted by Gasteiger charge is 2.27. The second-order valence-electron chi connectivity index (χ2n) is 6.64. The molecule has 0 aliphatic heterocycles. The van der Waals surface area contributed by atoms with Crippen molar-refractivity contribution in [1.29, 1.82) is 0 Å². The monoisotopic (exact) mass is 348 g/mol. The summed E-state index contributed by atoms with van der Waals surface area (Å²) in [6.45, 7) is 5.69. The molecule has 0 saturated carbocycles. The quantitative estimate of drug-likeness (QED) is 0.841. The van der Waals surface area contributed by atoms with Crippen LogP contribution in [0.3, 0.4) is 0 Å². The van der Waals surface area contributed by atoms with Gasteiger partial charge in [0, 0.05) is 30.0 Å². The van der Waals surface area contributed by atoms with Crippen LogP contribution in [0.5, 0.6) is 0 Å². The molecule has 6 heteroatoms. The Labute approximate surface area is 146 Å². The molecule has 0 bridgehead atoms. The molecule has 2 N–H and O–H groups in total. The Morgan fingerprint density at radius 2 is 1.96 bits per heavy atom. The largest absolute Gasteiger partial charge is 0.396 e. The van der Waals surface area contributed by atoms with Crippen LogP contribution in [0.4, 0.5) is 0 Å². The molecular formula is C18H24N2O3S. The summed E-state index contributed by atoms with van der Waals surface area (Å²) in [5, 5.41) is 21.3. The molecule has 1 aromatic heterocycles. The topological polar surface area (TPSA) is 73.7 Å². The van der Waals surface area contributed by atoms with Crippen LogP contribution >= 0.6 is 11.3 Å².